The zero-order valence-electron chi connectivity index (χ0n) is 16.2. The number of amides is 1. The Bertz CT molecular complexity index is 1110. The van der Waals surface area contributed by atoms with E-state index in [1.165, 1.54) is 34.9 Å². The van der Waals surface area contributed by atoms with Gasteiger partial charge in [-0.15, -0.1) is 0 Å². The van der Waals surface area contributed by atoms with Gasteiger partial charge in [-0.1, -0.05) is 13.0 Å². The van der Waals surface area contributed by atoms with Crippen LogP contribution in [0.4, 0.5) is 8.78 Å². The molecule has 2 aromatic carbocycles. The summed E-state index contributed by atoms with van der Waals surface area (Å²) in [6.45, 7) is 3.57. The van der Waals surface area contributed by atoms with E-state index in [1.807, 2.05) is 6.92 Å². The first-order valence-corrected chi connectivity index (χ1v) is 9.37. The van der Waals surface area contributed by atoms with Crippen molar-refractivity contribution in [3.8, 4) is 5.75 Å². The van der Waals surface area contributed by atoms with Crippen LogP contribution in [-0.2, 0) is 4.79 Å². The molecule has 1 amide bonds. The molecule has 0 saturated heterocycles. The molecule has 3 N–H and O–H groups in total. The maximum Gasteiger partial charge on any atom is 0.262 e. The first kappa shape index (κ1) is 20.5. The minimum Gasteiger partial charge on any atom is -0.505 e. The lowest BCUT2D eigenvalue weighted by atomic mass is 9.89. The highest BCUT2D eigenvalue weighted by molar-refractivity contribution is 6.04. The van der Waals surface area contributed by atoms with Gasteiger partial charge in [-0.3, -0.25) is 14.2 Å². The summed E-state index contributed by atoms with van der Waals surface area (Å²) < 4.78 is 29.9. The average Bonchev–Trinajstić information content (AvgIpc) is 2.97. The Kier molecular flexibility index (Phi) is 5.68. The number of rotatable bonds is 6. The van der Waals surface area contributed by atoms with E-state index < -0.39 is 29.2 Å². The van der Waals surface area contributed by atoms with Crippen molar-refractivity contribution in [3.05, 3.63) is 64.9 Å². The lowest BCUT2D eigenvalue weighted by molar-refractivity contribution is -0.118. The predicted octanol–water partition coefficient (Wildman–Crippen LogP) is 4.38. The van der Waals surface area contributed by atoms with Crippen molar-refractivity contribution >= 4 is 22.7 Å². The van der Waals surface area contributed by atoms with Crippen molar-refractivity contribution in [2.45, 2.75) is 39.0 Å². The minimum atomic E-state index is -0.830. The highest BCUT2D eigenvalue weighted by Gasteiger charge is 2.27. The summed E-state index contributed by atoms with van der Waals surface area (Å²) in [4.78, 5) is 24.4. The van der Waals surface area contributed by atoms with Crippen molar-refractivity contribution in [1.29, 1.82) is 0 Å². The smallest absolute Gasteiger partial charge is 0.262 e. The molecule has 3 rings (SSSR count). The number of halogens is 2. The van der Waals surface area contributed by atoms with Crippen molar-refractivity contribution in [2.24, 2.45) is 5.73 Å². The number of carbonyl (C=O) groups excluding carboxylic acids is 2. The van der Waals surface area contributed by atoms with Gasteiger partial charge in [0.25, 0.3) is 5.91 Å². The molecule has 3 aromatic rings. The van der Waals surface area contributed by atoms with Gasteiger partial charge in [0.2, 0.25) is 5.91 Å². The molecule has 0 aliphatic carbocycles. The van der Waals surface area contributed by atoms with Crippen molar-refractivity contribution in [2.75, 3.05) is 0 Å². The fourth-order valence-corrected chi connectivity index (χ4v) is 3.86. The van der Waals surface area contributed by atoms with Crippen molar-refractivity contribution in [3.63, 3.8) is 0 Å². The summed E-state index contributed by atoms with van der Waals surface area (Å²) in [6.07, 6.45) is 1.08. The molecule has 7 heteroatoms. The predicted molar refractivity (Wildman–Crippen MR) is 106 cm³/mol. The van der Waals surface area contributed by atoms with Gasteiger partial charge in [0, 0.05) is 23.1 Å². The number of nitrogens with zero attached hydrogens (tertiary/aromatic N) is 1. The number of nitrogens with two attached hydrogens (primary N) is 1. The number of aromatic hydroxyl groups is 1. The summed E-state index contributed by atoms with van der Waals surface area (Å²) >= 11 is 0. The number of primary amides is 1. The van der Waals surface area contributed by atoms with Gasteiger partial charge in [-0.2, -0.15) is 0 Å². The number of fused-ring (bicyclic) bond motifs is 1. The third-order valence-corrected chi connectivity index (χ3v) is 5.25. The Labute approximate surface area is 166 Å². The number of benzene rings is 2. The van der Waals surface area contributed by atoms with Gasteiger partial charge in [0.15, 0.2) is 11.6 Å². The molecule has 29 heavy (non-hydrogen) atoms. The van der Waals surface area contributed by atoms with Crippen LogP contribution in [0.15, 0.2) is 36.4 Å². The number of aromatic nitrogens is 1. The Balaban J connectivity index is 2.27. The number of phenolic OH excluding ortho intramolecular Hbond substituents is 1. The average molecular weight is 400 g/mol. The van der Waals surface area contributed by atoms with E-state index >= 15 is 0 Å². The summed E-state index contributed by atoms with van der Waals surface area (Å²) in [5, 5.41) is 10.0. The molecule has 152 valence electrons. The lowest BCUT2D eigenvalue weighted by Crippen LogP contribution is -2.15. The molecule has 0 saturated carbocycles. The molecule has 0 spiro atoms. The molecule has 0 aliphatic heterocycles. The van der Waals surface area contributed by atoms with Gasteiger partial charge < -0.3 is 10.8 Å². The van der Waals surface area contributed by atoms with Gasteiger partial charge >= 0.3 is 0 Å². The van der Waals surface area contributed by atoms with E-state index in [0.29, 0.717) is 24.1 Å². The Morgan fingerprint density at radius 3 is 2.55 bits per heavy atom. The summed E-state index contributed by atoms with van der Waals surface area (Å²) in [7, 11) is 0. The fraction of sp³-hybridized carbons (Fsp3) is 0.273. The molecule has 0 bridgehead atoms. The van der Waals surface area contributed by atoms with E-state index in [9.17, 15) is 23.5 Å². The zero-order valence-corrected chi connectivity index (χ0v) is 16.2. The fourth-order valence-electron chi connectivity index (χ4n) is 3.86. The van der Waals surface area contributed by atoms with Gasteiger partial charge in [0.1, 0.15) is 5.82 Å². The largest absolute Gasteiger partial charge is 0.505 e. The van der Waals surface area contributed by atoms with Crippen LogP contribution in [0, 0.1) is 18.6 Å². The summed E-state index contributed by atoms with van der Waals surface area (Å²) in [6, 6.07) is 7.91. The van der Waals surface area contributed by atoms with E-state index in [4.69, 9.17) is 5.73 Å². The molecule has 0 fully saturated rings. The zero-order chi connectivity index (χ0) is 21.3. The molecule has 0 aliphatic rings. The Hall–Kier alpha value is -3.22. The highest BCUT2D eigenvalue weighted by Crippen LogP contribution is 2.39. The van der Waals surface area contributed by atoms with Gasteiger partial charge in [-0.05, 0) is 61.6 Å². The van der Waals surface area contributed by atoms with Gasteiger partial charge in [-0.25, -0.2) is 8.78 Å². The second kappa shape index (κ2) is 8.03. The monoisotopic (exact) mass is 400 g/mol. The van der Waals surface area contributed by atoms with Crippen LogP contribution in [0.1, 0.15) is 53.7 Å². The standard InChI is InChI=1S/C22H22F2N2O3/c1-3-13(7-10-18(25)28)19-12(2)26(16-8-9-17(27)21(24)20(16)19)22(29)14-5-4-6-15(23)11-14/h4-6,8-9,11,13,27H,3,7,10H2,1-2H3,(H2,25,28)/t13-/m0/s1. The van der Waals surface area contributed by atoms with Gasteiger partial charge in [0.05, 0.1) is 5.52 Å². The first-order chi connectivity index (χ1) is 13.8. The number of phenols is 1. The molecule has 1 atom stereocenters. The SMILES string of the molecule is CC[C@@H](CCC(N)=O)c1c(C)n(C(=O)c2cccc(F)c2)c2ccc(O)c(F)c12. The van der Waals surface area contributed by atoms with Crippen LogP contribution in [0.5, 0.6) is 5.75 Å². The molecule has 1 aromatic heterocycles. The van der Waals surface area contributed by atoms with Crippen LogP contribution in [0.3, 0.4) is 0 Å². The van der Waals surface area contributed by atoms with Crippen molar-refractivity contribution in [1.82, 2.24) is 4.57 Å². The van der Waals surface area contributed by atoms with Crippen LogP contribution >= 0.6 is 0 Å². The number of hydrogen-bond acceptors (Lipinski definition) is 3. The molecular weight excluding hydrogens is 378 g/mol. The Morgan fingerprint density at radius 2 is 1.93 bits per heavy atom. The number of carbonyl (C=O) groups is 2. The van der Waals surface area contributed by atoms with E-state index in [1.54, 1.807) is 6.92 Å². The third kappa shape index (κ3) is 3.72. The number of hydrogen-bond donors (Lipinski definition) is 2. The molecule has 0 radical (unpaired) electrons. The summed E-state index contributed by atoms with van der Waals surface area (Å²) in [5.74, 6) is -3.13. The third-order valence-electron chi connectivity index (χ3n) is 5.25. The lowest BCUT2D eigenvalue weighted by Gasteiger charge is -2.16. The molecular formula is C22H22F2N2O3. The topological polar surface area (TPSA) is 85.3 Å². The molecule has 0 unspecified atom stereocenters. The quantitative estimate of drug-likeness (QED) is 0.644. The van der Waals surface area contributed by atoms with E-state index in [0.717, 1.165) is 6.07 Å². The highest BCUT2D eigenvalue weighted by atomic mass is 19.1. The van der Waals surface area contributed by atoms with E-state index in [-0.39, 0.29) is 28.8 Å². The summed E-state index contributed by atoms with van der Waals surface area (Å²) in [5.41, 5.74) is 6.70. The second-order valence-electron chi connectivity index (χ2n) is 7.05. The molecule has 5 nitrogen and oxygen atoms in total. The molecule has 1 heterocycles. The minimum absolute atomic E-state index is 0.114. The van der Waals surface area contributed by atoms with Crippen LogP contribution < -0.4 is 5.73 Å². The van der Waals surface area contributed by atoms with Crippen LogP contribution in [0.2, 0.25) is 0 Å². The van der Waals surface area contributed by atoms with Crippen LogP contribution in [0.25, 0.3) is 10.9 Å². The first-order valence-electron chi connectivity index (χ1n) is 9.37. The normalized spacial score (nSPS) is 12.3. The second-order valence-corrected chi connectivity index (χ2v) is 7.05. The van der Waals surface area contributed by atoms with E-state index in [2.05, 4.69) is 0 Å². The Morgan fingerprint density at radius 1 is 1.21 bits per heavy atom. The maximum absolute atomic E-state index is 15.0. The van der Waals surface area contributed by atoms with Crippen LogP contribution in [-0.4, -0.2) is 21.5 Å². The maximum atomic E-state index is 15.0. The van der Waals surface area contributed by atoms with Crippen molar-refractivity contribution < 1.29 is 23.5 Å².